The number of aliphatic hydroxyl groups excluding tert-OH is 2. The molecule has 0 aliphatic carbocycles. The van der Waals surface area contributed by atoms with Gasteiger partial charge in [-0.1, -0.05) is 0 Å². The topological polar surface area (TPSA) is 299 Å². The van der Waals surface area contributed by atoms with Gasteiger partial charge in [-0.25, -0.2) is 14.6 Å². The van der Waals surface area contributed by atoms with E-state index in [0.29, 0.717) is 0 Å². The molecule has 0 bridgehead atoms. The number of rotatable bonds is 9. The molecule has 1 amide bonds. The van der Waals surface area contributed by atoms with Crippen molar-refractivity contribution in [2.75, 3.05) is 25.4 Å². The number of carbonyl (C=O) groups is 2. The molecule has 0 aromatic carbocycles. The number of nitrogens with zero attached hydrogens (tertiary/aromatic N) is 3. The van der Waals surface area contributed by atoms with Gasteiger partial charge in [-0.05, 0) is 0 Å². The standard InChI is InChI=1S/C14H20N7O10P.H3N/c15-14-19-11-8(12(27)20-14)17-4-21(11)13-10(26)9(25)5(31-13)3-30-32(28,29)18-1-6(22)16-2-7(23)24;/h4-5,9-10,13,25-26H,1-3H2,(H,16,22)(H,23,24)(H2,18,28,29)(H3,15,19,20,27);1H3/t5-,9-,10-,13-;/m1./s1. The fraction of sp³-hybridized carbons (Fsp3) is 0.500. The monoisotopic (exact) mass is 494 g/mol. The van der Waals surface area contributed by atoms with Crippen LogP contribution in [0.15, 0.2) is 11.1 Å². The van der Waals surface area contributed by atoms with E-state index in [1.54, 1.807) is 0 Å². The minimum Gasteiger partial charge on any atom is -0.480 e. The first-order valence-electron chi connectivity index (χ1n) is 8.93. The lowest BCUT2D eigenvalue weighted by atomic mass is 10.1. The zero-order chi connectivity index (χ0) is 23.6. The van der Waals surface area contributed by atoms with Gasteiger partial charge in [-0.2, -0.15) is 4.98 Å². The molecule has 0 radical (unpaired) electrons. The number of hydrogen-bond acceptors (Lipinski definition) is 12. The van der Waals surface area contributed by atoms with Crippen molar-refractivity contribution in [2.24, 2.45) is 0 Å². The van der Waals surface area contributed by atoms with Gasteiger partial charge in [0.05, 0.1) is 19.5 Å². The Bertz CT molecular complexity index is 1120. The second-order valence-electron chi connectivity index (χ2n) is 6.64. The van der Waals surface area contributed by atoms with Crippen LogP contribution < -0.4 is 27.8 Å². The molecule has 33 heavy (non-hydrogen) atoms. The van der Waals surface area contributed by atoms with Crippen LogP contribution in [0, 0.1) is 0 Å². The van der Waals surface area contributed by atoms with Crippen LogP contribution in [-0.2, 0) is 23.4 Å². The molecule has 1 unspecified atom stereocenters. The zero-order valence-corrected chi connectivity index (χ0v) is 17.7. The Morgan fingerprint density at radius 1 is 1.33 bits per heavy atom. The first kappa shape index (κ1) is 26.3. The highest BCUT2D eigenvalue weighted by molar-refractivity contribution is 7.50. The summed E-state index contributed by atoms with van der Waals surface area (Å²) in [5, 5.41) is 32.9. The maximum absolute atomic E-state index is 12.0. The Labute approximate surface area is 183 Å². The third-order valence-corrected chi connectivity index (χ3v) is 5.41. The number of carboxylic acid groups (broad SMARTS) is 1. The van der Waals surface area contributed by atoms with E-state index in [4.69, 9.17) is 20.1 Å². The number of carboxylic acids is 1. The molecule has 184 valence electrons. The minimum absolute atomic E-state index is 0. The number of ether oxygens (including phenoxy) is 1. The molecule has 18 nitrogen and oxygen atoms in total. The van der Waals surface area contributed by atoms with Crippen molar-refractivity contribution in [3.63, 3.8) is 0 Å². The Balaban J connectivity index is 0.00000385. The Morgan fingerprint density at radius 3 is 2.70 bits per heavy atom. The number of aromatic nitrogens is 4. The number of imidazole rings is 1. The predicted molar refractivity (Wildman–Crippen MR) is 108 cm³/mol. The number of aliphatic carboxylic acids is 1. The van der Waals surface area contributed by atoms with Crippen LogP contribution in [0.2, 0.25) is 0 Å². The van der Waals surface area contributed by atoms with Crippen LogP contribution in [0.3, 0.4) is 0 Å². The van der Waals surface area contributed by atoms with E-state index in [2.05, 4.69) is 15.0 Å². The number of nitrogens with one attached hydrogen (secondary N) is 3. The molecule has 0 saturated carbocycles. The minimum atomic E-state index is -4.55. The number of aromatic amines is 1. The summed E-state index contributed by atoms with van der Waals surface area (Å²) in [6.07, 6.45) is -4.52. The van der Waals surface area contributed by atoms with E-state index >= 15 is 0 Å². The van der Waals surface area contributed by atoms with Crippen LogP contribution in [0.1, 0.15) is 6.23 Å². The van der Waals surface area contributed by atoms with Crippen molar-refractivity contribution in [2.45, 2.75) is 24.5 Å². The third kappa shape index (κ3) is 6.09. The van der Waals surface area contributed by atoms with Gasteiger partial charge in [0, 0.05) is 0 Å². The molecular weight excluding hydrogens is 471 g/mol. The number of nitrogen functional groups attached to an aromatic ring is 1. The molecule has 12 N–H and O–H groups in total. The maximum Gasteiger partial charge on any atom is 0.403 e. The van der Waals surface area contributed by atoms with Gasteiger partial charge in [0.25, 0.3) is 5.56 Å². The molecule has 2 aromatic rings. The molecule has 1 aliphatic rings. The summed E-state index contributed by atoms with van der Waals surface area (Å²) in [6, 6.07) is 0. The van der Waals surface area contributed by atoms with E-state index in [-0.39, 0.29) is 23.3 Å². The summed E-state index contributed by atoms with van der Waals surface area (Å²) in [5.41, 5.74) is 4.78. The molecule has 1 fully saturated rings. The average molecular weight is 494 g/mol. The second kappa shape index (κ2) is 10.3. The molecule has 1 aliphatic heterocycles. The number of aliphatic hydroxyl groups is 2. The van der Waals surface area contributed by atoms with Crippen molar-refractivity contribution in [3.8, 4) is 0 Å². The van der Waals surface area contributed by atoms with E-state index in [1.807, 2.05) is 10.4 Å². The van der Waals surface area contributed by atoms with E-state index in [1.165, 1.54) is 4.57 Å². The van der Waals surface area contributed by atoms with Crippen molar-refractivity contribution in [3.05, 3.63) is 16.7 Å². The summed E-state index contributed by atoms with van der Waals surface area (Å²) < 4.78 is 23.5. The van der Waals surface area contributed by atoms with Gasteiger partial charge in [0.15, 0.2) is 17.4 Å². The molecule has 19 heteroatoms. The summed E-state index contributed by atoms with van der Waals surface area (Å²) in [6.45, 7) is -2.06. The molecule has 3 rings (SSSR count). The number of hydrogen-bond donors (Lipinski definition) is 9. The second-order valence-corrected chi connectivity index (χ2v) is 8.26. The number of anilines is 1. The van der Waals surface area contributed by atoms with Crippen LogP contribution >= 0.6 is 7.75 Å². The van der Waals surface area contributed by atoms with Gasteiger partial charge in [-0.3, -0.25) is 28.5 Å². The quantitative estimate of drug-likeness (QED) is 0.152. The fourth-order valence-electron chi connectivity index (χ4n) is 2.85. The number of nitrogens with two attached hydrogens (primary N) is 1. The largest absolute Gasteiger partial charge is 0.480 e. The van der Waals surface area contributed by atoms with Crippen LogP contribution in [0.5, 0.6) is 0 Å². The summed E-state index contributed by atoms with van der Waals surface area (Å²) >= 11 is 0. The van der Waals surface area contributed by atoms with Gasteiger partial charge >= 0.3 is 13.7 Å². The predicted octanol–water partition coefficient (Wildman–Crippen LogP) is -3.61. The van der Waals surface area contributed by atoms with Gasteiger partial charge in [0.2, 0.25) is 11.9 Å². The SMILES string of the molecule is N.Nc1nc2c(ncn2[C@@H]2O[C@H](COP(=O)(O)NCC(=O)NCC(=O)O)[C@@H](O)[C@H]2O)c(=O)[nH]1. The molecule has 3 heterocycles. The Kier molecular flexibility index (Phi) is 8.22. The molecule has 5 atom stereocenters. The zero-order valence-electron chi connectivity index (χ0n) is 16.8. The maximum atomic E-state index is 12.0. The van der Waals surface area contributed by atoms with E-state index in [0.717, 1.165) is 6.33 Å². The average Bonchev–Trinajstić information content (AvgIpc) is 3.25. The number of fused-ring (bicyclic) bond motifs is 1. The molecular formula is C14H23N8O10P. The highest BCUT2D eigenvalue weighted by atomic mass is 31.2. The lowest BCUT2D eigenvalue weighted by Gasteiger charge is -2.18. The van der Waals surface area contributed by atoms with E-state index < -0.39 is 69.4 Å². The van der Waals surface area contributed by atoms with Gasteiger partial charge < -0.3 is 42.2 Å². The smallest absolute Gasteiger partial charge is 0.403 e. The lowest BCUT2D eigenvalue weighted by Crippen LogP contribution is -2.37. The lowest BCUT2D eigenvalue weighted by molar-refractivity contribution is -0.137. The number of carbonyl (C=O) groups excluding carboxylic acids is 1. The van der Waals surface area contributed by atoms with Crippen LogP contribution in [0.25, 0.3) is 11.2 Å². The van der Waals surface area contributed by atoms with Gasteiger partial charge in [-0.15, -0.1) is 0 Å². The molecule has 2 aromatic heterocycles. The Hall–Kier alpha value is -2.96. The van der Waals surface area contributed by atoms with Gasteiger partial charge in [0.1, 0.15) is 24.9 Å². The van der Waals surface area contributed by atoms with Crippen molar-refractivity contribution < 1.29 is 43.6 Å². The number of amides is 1. The van der Waals surface area contributed by atoms with Crippen molar-refractivity contribution in [1.82, 2.24) is 36.1 Å². The summed E-state index contributed by atoms with van der Waals surface area (Å²) in [7, 11) is -4.55. The normalized spacial score (nSPS) is 24.2. The third-order valence-electron chi connectivity index (χ3n) is 4.35. The Morgan fingerprint density at radius 2 is 2.03 bits per heavy atom. The van der Waals surface area contributed by atoms with E-state index in [9.17, 15) is 34.1 Å². The fourth-order valence-corrected chi connectivity index (χ4v) is 3.64. The van der Waals surface area contributed by atoms with Crippen LogP contribution in [0.4, 0.5) is 5.95 Å². The molecule has 0 spiro atoms. The van der Waals surface area contributed by atoms with Crippen LogP contribution in [-0.4, -0.2) is 89.6 Å². The highest BCUT2D eigenvalue weighted by Crippen LogP contribution is 2.39. The summed E-state index contributed by atoms with van der Waals surface area (Å²) in [5.74, 6) is -2.38. The number of H-pyrrole nitrogens is 1. The first-order valence-corrected chi connectivity index (χ1v) is 10.5. The highest BCUT2D eigenvalue weighted by Gasteiger charge is 2.45. The first-order chi connectivity index (χ1) is 15.0. The molecule has 1 saturated heterocycles. The van der Waals surface area contributed by atoms with Crippen molar-refractivity contribution >= 4 is 36.7 Å². The van der Waals surface area contributed by atoms with Crippen molar-refractivity contribution in [1.29, 1.82) is 0 Å². The summed E-state index contributed by atoms with van der Waals surface area (Å²) in [4.78, 5) is 53.5.